The Morgan fingerprint density at radius 1 is 1.41 bits per heavy atom. The van der Waals surface area contributed by atoms with Gasteiger partial charge in [0.15, 0.2) is 0 Å². The largest absolute Gasteiger partial charge is 0.493 e. The van der Waals surface area contributed by atoms with E-state index < -0.39 is 11.5 Å². The van der Waals surface area contributed by atoms with E-state index >= 15 is 0 Å². The summed E-state index contributed by atoms with van der Waals surface area (Å²) in [4.78, 5) is 28.6. The Bertz CT molecular complexity index is 722. The van der Waals surface area contributed by atoms with Crippen molar-refractivity contribution in [3.05, 3.63) is 57.8 Å². The number of benzene rings is 1. The molecule has 0 radical (unpaired) electrons. The lowest BCUT2D eigenvalue weighted by Crippen LogP contribution is -2.21. The molecule has 2 aromatic rings. The van der Waals surface area contributed by atoms with Crippen LogP contribution in [0.4, 0.5) is 0 Å². The highest BCUT2D eigenvalue weighted by Crippen LogP contribution is 2.20. The Kier molecular flexibility index (Phi) is 4.93. The molecule has 0 bridgehead atoms. The third-order valence-corrected chi connectivity index (χ3v) is 3.21. The molecule has 0 saturated carbocycles. The summed E-state index contributed by atoms with van der Waals surface area (Å²) in [6.45, 7) is 4.56. The monoisotopic (exact) mass is 302 g/mol. The number of nitrogens with zero attached hydrogens (tertiary/aromatic N) is 1. The van der Waals surface area contributed by atoms with Crippen molar-refractivity contribution in [3.8, 4) is 5.75 Å². The summed E-state index contributed by atoms with van der Waals surface area (Å²) in [6, 6.07) is 7.83. The Balaban J connectivity index is 1.97. The highest BCUT2D eigenvalue weighted by molar-refractivity contribution is 5.86. The number of H-pyrrole nitrogens is 1. The number of hydrogen-bond acceptors (Lipinski definition) is 4. The van der Waals surface area contributed by atoms with Gasteiger partial charge in [-0.25, -0.2) is 9.78 Å². The second-order valence-corrected chi connectivity index (χ2v) is 5.20. The summed E-state index contributed by atoms with van der Waals surface area (Å²) >= 11 is 0. The fourth-order valence-electron chi connectivity index (χ4n) is 1.94. The summed E-state index contributed by atoms with van der Waals surface area (Å²) in [5, 5.41) is 8.77. The lowest BCUT2D eigenvalue weighted by molar-refractivity contribution is 0.0694. The molecule has 0 saturated heterocycles. The van der Waals surface area contributed by atoms with E-state index in [1.165, 1.54) is 5.56 Å². The van der Waals surface area contributed by atoms with Gasteiger partial charge in [0.1, 0.15) is 17.1 Å². The highest BCUT2D eigenvalue weighted by Gasteiger charge is 2.09. The van der Waals surface area contributed by atoms with E-state index in [-0.39, 0.29) is 5.56 Å². The van der Waals surface area contributed by atoms with Crippen molar-refractivity contribution in [2.45, 2.75) is 26.2 Å². The quantitative estimate of drug-likeness (QED) is 0.853. The molecule has 6 nitrogen and oxygen atoms in total. The fourth-order valence-corrected chi connectivity index (χ4v) is 1.94. The first-order valence-electron chi connectivity index (χ1n) is 7.01. The second kappa shape index (κ2) is 6.89. The van der Waals surface area contributed by atoms with Gasteiger partial charge < -0.3 is 14.8 Å². The average Bonchev–Trinajstić information content (AvgIpc) is 2.47. The third-order valence-electron chi connectivity index (χ3n) is 3.21. The molecule has 1 heterocycles. The normalized spacial score (nSPS) is 10.7. The van der Waals surface area contributed by atoms with Crippen LogP contribution in [0.2, 0.25) is 0 Å². The minimum absolute atomic E-state index is 0.344. The van der Waals surface area contributed by atoms with Crippen molar-refractivity contribution < 1.29 is 14.6 Å². The zero-order chi connectivity index (χ0) is 16.1. The van der Waals surface area contributed by atoms with E-state index in [1.807, 2.05) is 24.3 Å². The fraction of sp³-hybridized carbons (Fsp3) is 0.312. The van der Waals surface area contributed by atoms with Gasteiger partial charge in [-0.1, -0.05) is 26.0 Å². The van der Waals surface area contributed by atoms with Gasteiger partial charge >= 0.3 is 5.97 Å². The van der Waals surface area contributed by atoms with Gasteiger partial charge in [0.25, 0.3) is 5.56 Å². The van der Waals surface area contributed by atoms with Gasteiger partial charge in [0.05, 0.1) is 6.61 Å². The maximum atomic E-state index is 11.5. The number of aromatic amines is 1. The molecular weight excluding hydrogens is 284 g/mol. The molecule has 0 amide bonds. The summed E-state index contributed by atoms with van der Waals surface area (Å²) in [7, 11) is 0. The number of aromatic nitrogens is 2. The van der Waals surface area contributed by atoms with Crippen LogP contribution in [0.15, 0.2) is 35.3 Å². The lowest BCUT2D eigenvalue weighted by Gasteiger charge is -2.09. The maximum Gasteiger partial charge on any atom is 0.342 e. The van der Waals surface area contributed by atoms with Gasteiger partial charge in [-0.05, 0) is 23.6 Å². The number of aromatic carboxylic acids is 1. The minimum atomic E-state index is -1.29. The third kappa shape index (κ3) is 3.94. The predicted octanol–water partition coefficient (Wildman–Crippen LogP) is 2.21. The number of carbonyl (C=O) groups is 1. The van der Waals surface area contributed by atoms with E-state index in [1.54, 1.807) is 0 Å². The molecule has 6 heteroatoms. The number of rotatable bonds is 6. The van der Waals surface area contributed by atoms with Crippen molar-refractivity contribution in [1.82, 2.24) is 9.97 Å². The van der Waals surface area contributed by atoms with Crippen molar-refractivity contribution in [1.29, 1.82) is 0 Å². The smallest absolute Gasteiger partial charge is 0.342 e. The summed E-state index contributed by atoms with van der Waals surface area (Å²) < 4.78 is 5.64. The molecule has 0 aliphatic heterocycles. The van der Waals surface area contributed by atoms with Gasteiger partial charge in [0, 0.05) is 12.6 Å². The van der Waals surface area contributed by atoms with Crippen molar-refractivity contribution in [3.63, 3.8) is 0 Å². The SMILES string of the molecule is CC(C)c1cccc(OCCc2ncc(C(=O)O)c(=O)[nH]2)c1. The highest BCUT2D eigenvalue weighted by atomic mass is 16.5. The molecule has 2 N–H and O–H groups in total. The van der Waals surface area contributed by atoms with Gasteiger partial charge in [0.2, 0.25) is 0 Å². The molecule has 1 aromatic carbocycles. The maximum absolute atomic E-state index is 11.5. The van der Waals surface area contributed by atoms with E-state index in [0.29, 0.717) is 24.8 Å². The molecule has 0 aliphatic rings. The van der Waals surface area contributed by atoms with E-state index in [2.05, 4.69) is 23.8 Å². The first-order valence-corrected chi connectivity index (χ1v) is 7.01. The number of hydrogen-bond donors (Lipinski definition) is 2. The van der Waals surface area contributed by atoms with Crippen LogP contribution in [0.5, 0.6) is 5.75 Å². The standard InChI is InChI=1S/C16H18N2O4/c1-10(2)11-4-3-5-12(8-11)22-7-6-14-17-9-13(16(20)21)15(19)18-14/h3-5,8-10H,6-7H2,1-2H3,(H,20,21)(H,17,18,19). The van der Waals surface area contributed by atoms with E-state index in [9.17, 15) is 9.59 Å². The van der Waals surface area contributed by atoms with Crippen LogP contribution in [-0.4, -0.2) is 27.7 Å². The van der Waals surface area contributed by atoms with Crippen molar-refractivity contribution >= 4 is 5.97 Å². The van der Waals surface area contributed by atoms with Crippen LogP contribution >= 0.6 is 0 Å². The topological polar surface area (TPSA) is 92.3 Å². The Hall–Kier alpha value is -2.63. The van der Waals surface area contributed by atoms with Crippen LogP contribution in [0.1, 0.15) is 41.5 Å². The lowest BCUT2D eigenvalue weighted by atomic mass is 10.0. The molecule has 0 fully saturated rings. The Morgan fingerprint density at radius 2 is 2.18 bits per heavy atom. The summed E-state index contributed by atoms with van der Waals surface area (Å²) in [5.74, 6) is 0.290. The van der Waals surface area contributed by atoms with Gasteiger partial charge in [-0.2, -0.15) is 0 Å². The van der Waals surface area contributed by atoms with E-state index in [0.717, 1.165) is 11.9 Å². The van der Waals surface area contributed by atoms with Crippen LogP contribution in [-0.2, 0) is 6.42 Å². The summed E-state index contributed by atoms with van der Waals surface area (Å²) in [5.41, 5.74) is 0.170. The Morgan fingerprint density at radius 3 is 2.82 bits per heavy atom. The summed E-state index contributed by atoms with van der Waals surface area (Å²) in [6.07, 6.45) is 1.46. The zero-order valence-corrected chi connectivity index (χ0v) is 12.5. The average molecular weight is 302 g/mol. The van der Waals surface area contributed by atoms with Crippen LogP contribution in [0.3, 0.4) is 0 Å². The molecule has 0 atom stereocenters. The molecule has 0 aliphatic carbocycles. The minimum Gasteiger partial charge on any atom is -0.493 e. The van der Waals surface area contributed by atoms with E-state index in [4.69, 9.17) is 9.84 Å². The number of ether oxygens (including phenoxy) is 1. The van der Waals surface area contributed by atoms with Crippen LogP contribution in [0, 0.1) is 0 Å². The number of nitrogens with one attached hydrogen (secondary N) is 1. The number of carboxylic acid groups (broad SMARTS) is 1. The molecule has 1 aromatic heterocycles. The zero-order valence-electron chi connectivity index (χ0n) is 12.5. The molecule has 2 rings (SSSR count). The number of carboxylic acids is 1. The molecule has 22 heavy (non-hydrogen) atoms. The molecular formula is C16H18N2O4. The second-order valence-electron chi connectivity index (χ2n) is 5.20. The molecule has 116 valence electrons. The van der Waals surface area contributed by atoms with Gasteiger partial charge in [-0.15, -0.1) is 0 Å². The van der Waals surface area contributed by atoms with Crippen molar-refractivity contribution in [2.24, 2.45) is 0 Å². The molecule has 0 spiro atoms. The van der Waals surface area contributed by atoms with Gasteiger partial charge in [-0.3, -0.25) is 4.79 Å². The van der Waals surface area contributed by atoms with Crippen LogP contribution in [0.25, 0.3) is 0 Å². The first kappa shape index (κ1) is 15.8. The van der Waals surface area contributed by atoms with Crippen LogP contribution < -0.4 is 10.3 Å². The first-order chi connectivity index (χ1) is 10.5. The predicted molar refractivity (Wildman–Crippen MR) is 81.5 cm³/mol. The van der Waals surface area contributed by atoms with Crippen molar-refractivity contribution in [2.75, 3.05) is 6.61 Å². The Labute approximate surface area is 127 Å². The molecule has 0 unspecified atom stereocenters.